The summed E-state index contributed by atoms with van der Waals surface area (Å²) < 4.78 is 21.2. The average molecular weight is 560 g/mol. The van der Waals surface area contributed by atoms with Gasteiger partial charge in [-0.15, -0.1) is 0 Å². The number of aryl methyl sites for hydroxylation is 1. The largest absolute Gasteiger partial charge is 0.494 e. The molecule has 4 N–H and O–H groups in total. The number of ether oxygens (including phenoxy) is 1. The Morgan fingerprint density at radius 3 is 2.66 bits per heavy atom. The van der Waals surface area contributed by atoms with Gasteiger partial charge in [0, 0.05) is 54.8 Å². The molecule has 2 aromatic heterocycles. The molecule has 2 amide bonds. The summed E-state index contributed by atoms with van der Waals surface area (Å²) in [5.74, 6) is 0.174. The number of methoxy groups -OCH3 is 1. The number of aromatic nitrogens is 3. The second-order valence-electron chi connectivity index (χ2n) is 10.1. The lowest BCUT2D eigenvalue weighted by Gasteiger charge is -2.31. The van der Waals surface area contributed by atoms with Gasteiger partial charge in [0.05, 0.1) is 19.0 Å². The number of carbonyl (C=O) groups excluding carboxylic acids is 2. The van der Waals surface area contributed by atoms with Crippen LogP contribution in [0, 0.1) is 18.7 Å². The number of likely N-dealkylation sites (tertiary alicyclic amines) is 1. The van der Waals surface area contributed by atoms with E-state index < -0.39 is 5.82 Å². The van der Waals surface area contributed by atoms with Crippen LogP contribution in [0.1, 0.15) is 35.2 Å². The maximum absolute atomic E-state index is 14.3. The second-order valence-corrected chi connectivity index (χ2v) is 10.1. The van der Waals surface area contributed by atoms with Gasteiger partial charge in [0.15, 0.2) is 23.0 Å². The van der Waals surface area contributed by atoms with Crippen LogP contribution in [0.5, 0.6) is 5.75 Å². The van der Waals surface area contributed by atoms with Crippen LogP contribution in [0.2, 0.25) is 0 Å². The minimum Gasteiger partial charge on any atom is -0.494 e. The number of benzene rings is 2. The highest BCUT2D eigenvalue weighted by Gasteiger charge is 2.28. The van der Waals surface area contributed by atoms with E-state index in [1.807, 2.05) is 34.4 Å². The molecule has 0 bridgehead atoms. The number of hydrogen-bond donors (Lipinski definition) is 3. The summed E-state index contributed by atoms with van der Waals surface area (Å²) in [5.41, 5.74) is 9.64. The third kappa shape index (κ3) is 5.99. The molecule has 5 rings (SSSR count). The molecule has 1 aliphatic rings. The molecule has 10 nitrogen and oxygen atoms in total. The summed E-state index contributed by atoms with van der Waals surface area (Å²) in [4.78, 5) is 36.4. The molecule has 214 valence electrons. The zero-order valence-electron chi connectivity index (χ0n) is 23.2. The molecule has 0 aliphatic carbocycles. The summed E-state index contributed by atoms with van der Waals surface area (Å²) in [6, 6.07) is 10.3. The lowest BCUT2D eigenvalue weighted by molar-refractivity contribution is -0.126. The van der Waals surface area contributed by atoms with Crippen LogP contribution in [0.3, 0.4) is 0 Å². The van der Waals surface area contributed by atoms with Crippen LogP contribution < -0.4 is 21.1 Å². The average Bonchev–Trinajstić information content (AvgIpc) is 3.42. The van der Waals surface area contributed by atoms with Crippen molar-refractivity contribution in [2.24, 2.45) is 11.7 Å². The smallest absolute Gasteiger partial charge is 0.254 e. The number of halogens is 1. The molecule has 0 spiro atoms. The van der Waals surface area contributed by atoms with Gasteiger partial charge < -0.3 is 26.0 Å². The van der Waals surface area contributed by atoms with Gasteiger partial charge in [0.2, 0.25) is 5.91 Å². The molecular formula is C30H34FN7O3. The molecule has 11 heteroatoms. The van der Waals surface area contributed by atoms with Crippen molar-refractivity contribution in [2.45, 2.75) is 26.2 Å². The van der Waals surface area contributed by atoms with Gasteiger partial charge in [0.1, 0.15) is 0 Å². The van der Waals surface area contributed by atoms with Crippen molar-refractivity contribution >= 4 is 29.0 Å². The number of anilines is 2. The maximum Gasteiger partial charge on any atom is 0.254 e. The number of piperidine rings is 1. The molecule has 0 saturated carbocycles. The number of fused-ring (bicyclic) bond motifs is 1. The van der Waals surface area contributed by atoms with E-state index in [0.29, 0.717) is 67.3 Å². The number of carbonyl (C=O) groups is 2. The fourth-order valence-corrected chi connectivity index (χ4v) is 5.14. The summed E-state index contributed by atoms with van der Waals surface area (Å²) in [6.07, 6.45) is 7.13. The van der Waals surface area contributed by atoms with E-state index >= 15 is 0 Å². The second kappa shape index (κ2) is 12.3. The quantitative estimate of drug-likeness (QED) is 0.265. The van der Waals surface area contributed by atoms with Crippen molar-refractivity contribution in [3.8, 4) is 17.0 Å². The number of nitrogens with zero attached hydrogens (tertiary/aromatic N) is 4. The van der Waals surface area contributed by atoms with Gasteiger partial charge in [-0.2, -0.15) is 0 Å². The van der Waals surface area contributed by atoms with E-state index in [0.717, 1.165) is 17.7 Å². The van der Waals surface area contributed by atoms with E-state index in [9.17, 15) is 14.0 Å². The summed E-state index contributed by atoms with van der Waals surface area (Å²) in [6.45, 7) is 4.11. The zero-order chi connectivity index (χ0) is 28.9. The lowest BCUT2D eigenvalue weighted by atomic mass is 9.95. The SMILES string of the molecule is COc1ccc(-c2cnc3c(Nc4ccc(C(=O)N5CCC(C(=O)NCCCN)CC5)c(C)c4)nccn23)cc1F. The summed E-state index contributed by atoms with van der Waals surface area (Å²) >= 11 is 0. The number of imidazole rings is 1. The van der Waals surface area contributed by atoms with E-state index in [2.05, 4.69) is 20.6 Å². The number of amides is 2. The minimum atomic E-state index is -0.453. The highest BCUT2D eigenvalue weighted by molar-refractivity contribution is 5.96. The first kappa shape index (κ1) is 28.0. The highest BCUT2D eigenvalue weighted by Crippen LogP contribution is 2.29. The third-order valence-electron chi connectivity index (χ3n) is 7.43. The molecule has 41 heavy (non-hydrogen) atoms. The van der Waals surface area contributed by atoms with Gasteiger partial charge in [-0.3, -0.25) is 14.0 Å². The Labute approximate surface area is 237 Å². The molecule has 0 unspecified atom stereocenters. The maximum atomic E-state index is 14.3. The van der Waals surface area contributed by atoms with Crippen LogP contribution in [0.4, 0.5) is 15.9 Å². The van der Waals surface area contributed by atoms with Crippen LogP contribution in [0.25, 0.3) is 16.9 Å². The third-order valence-corrected chi connectivity index (χ3v) is 7.43. The predicted molar refractivity (Wildman–Crippen MR) is 155 cm³/mol. The van der Waals surface area contributed by atoms with Crippen LogP contribution in [-0.4, -0.2) is 64.4 Å². The molecular weight excluding hydrogens is 525 g/mol. The predicted octanol–water partition coefficient (Wildman–Crippen LogP) is 3.91. The number of nitrogens with two attached hydrogens (primary N) is 1. The van der Waals surface area contributed by atoms with E-state index in [1.54, 1.807) is 30.7 Å². The van der Waals surface area contributed by atoms with Crippen molar-refractivity contribution in [3.63, 3.8) is 0 Å². The first-order chi connectivity index (χ1) is 19.9. The summed E-state index contributed by atoms with van der Waals surface area (Å²) in [7, 11) is 1.43. The van der Waals surface area contributed by atoms with Crippen molar-refractivity contribution < 1.29 is 18.7 Å². The molecule has 1 fully saturated rings. The molecule has 2 aromatic carbocycles. The minimum absolute atomic E-state index is 0.0408. The topological polar surface area (TPSA) is 127 Å². The number of nitrogens with one attached hydrogen (secondary N) is 2. The zero-order valence-corrected chi connectivity index (χ0v) is 23.2. The first-order valence-electron chi connectivity index (χ1n) is 13.7. The monoisotopic (exact) mass is 559 g/mol. The highest BCUT2D eigenvalue weighted by atomic mass is 19.1. The van der Waals surface area contributed by atoms with Gasteiger partial charge in [-0.1, -0.05) is 0 Å². The van der Waals surface area contributed by atoms with Gasteiger partial charge in [-0.25, -0.2) is 14.4 Å². The molecule has 4 aromatic rings. The van der Waals surface area contributed by atoms with Crippen molar-refractivity contribution in [1.29, 1.82) is 0 Å². The molecule has 1 aliphatic heterocycles. The van der Waals surface area contributed by atoms with Crippen LogP contribution >= 0.6 is 0 Å². The van der Waals surface area contributed by atoms with Crippen molar-refractivity contribution in [1.82, 2.24) is 24.6 Å². The van der Waals surface area contributed by atoms with E-state index in [4.69, 9.17) is 10.5 Å². The Morgan fingerprint density at radius 1 is 1.15 bits per heavy atom. The standard InChI is InChI=1S/C30H34FN7O3/c1-19-16-22(5-6-23(19)30(40)37-13-8-20(9-14-37)29(39)34-11-3-10-32)36-27-28-35-18-25(38(28)15-12-33-27)21-4-7-26(41-2)24(31)17-21/h4-7,12,15-18,20H,3,8-11,13-14,32H2,1-2H3,(H,33,36)(H,34,39). The molecule has 0 radical (unpaired) electrons. The van der Waals surface area contributed by atoms with Gasteiger partial charge in [0.25, 0.3) is 5.91 Å². The Morgan fingerprint density at radius 2 is 1.95 bits per heavy atom. The fourth-order valence-electron chi connectivity index (χ4n) is 5.14. The normalized spacial score (nSPS) is 13.8. The van der Waals surface area contributed by atoms with E-state index in [-0.39, 0.29) is 23.5 Å². The molecule has 0 atom stereocenters. The van der Waals surface area contributed by atoms with Gasteiger partial charge in [-0.05, 0) is 74.7 Å². The fraction of sp³-hybridized carbons (Fsp3) is 0.333. The summed E-state index contributed by atoms with van der Waals surface area (Å²) in [5, 5.41) is 6.23. The molecule has 3 heterocycles. The van der Waals surface area contributed by atoms with Crippen LogP contribution in [-0.2, 0) is 4.79 Å². The number of rotatable bonds is 9. The first-order valence-corrected chi connectivity index (χ1v) is 13.7. The Hall–Kier alpha value is -4.51. The Kier molecular flexibility index (Phi) is 8.44. The Balaban J connectivity index is 1.27. The van der Waals surface area contributed by atoms with Crippen molar-refractivity contribution in [2.75, 3.05) is 38.6 Å². The van der Waals surface area contributed by atoms with Crippen molar-refractivity contribution in [3.05, 3.63) is 71.9 Å². The van der Waals surface area contributed by atoms with E-state index in [1.165, 1.54) is 13.2 Å². The number of hydrogen-bond acceptors (Lipinski definition) is 7. The molecule has 1 saturated heterocycles. The lowest BCUT2D eigenvalue weighted by Crippen LogP contribution is -2.43. The Bertz CT molecular complexity index is 1560. The van der Waals surface area contributed by atoms with Gasteiger partial charge >= 0.3 is 0 Å². The van der Waals surface area contributed by atoms with Crippen LogP contribution in [0.15, 0.2) is 55.0 Å².